The molecule has 0 bridgehead atoms. The monoisotopic (exact) mass is 398 g/mol. The Morgan fingerprint density at radius 1 is 0.967 bits per heavy atom. The Bertz CT molecular complexity index is 1130. The predicted octanol–water partition coefficient (Wildman–Crippen LogP) is 5.51. The highest BCUT2D eigenvalue weighted by molar-refractivity contribution is 6.00. The fourth-order valence-corrected chi connectivity index (χ4v) is 3.25. The van der Waals surface area contributed by atoms with Crippen molar-refractivity contribution in [2.75, 3.05) is 7.11 Å². The molecule has 5 nitrogen and oxygen atoms in total. The van der Waals surface area contributed by atoms with E-state index in [0.29, 0.717) is 22.8 Å². The van der Waals surface area contributed by atoms with Gasteiger partial charge in [0.2, 0.25) is 5.89 Å². The molecule has 30 heavy (non-hydrogen) atoms. The molecule has 0 saturated carbocycles. The van der Waals surface area contributed by atoms with E-state index in [0.717, 1.165) is 16.9 Å². The van der Waals surface area contributed by atoms with E-state index in [1.54, 1.807) is 19.4 Å². The van der Waals surface area contributed by atoms with Gasteiger partial charge in [-0.1, -0.05) is 42.5 Å². The molecule has 0 fully saturated rings. The molecule has 1 heterocycles. The van der Waals surface area contributed by atoms with Crippen molar-refractivity contribution in [3.8, 4) is 28.5 Å². The molecule has 0 spiro atoms. The van der Waals surface area contributed by atoms with Crippen molar-refractivity contribution in [2.24, 2.45) is 0 Å². The van der Waals surface area contributed by atoms with E-state index in [1.165, 1.54) is 0 Å². The Balaban J connectivity index is 1.59. The highest BCUT2D eigenvalue weighted by atomic mass is 16.5. The molecule has 150 valence electrons. The zero-order chi connectivity index (χ0) is 20.9. The van der Waals surface area contributed by atoms with Gasteiger partial charge in [-0.3, -0.25) is 4.79 Å². The maximum Gasteiger partial charge on any atom is 0.252 e. The smallest absolute Gasteiger partial charge is 0.252 e. The van der Waals surface area contributed by atoms with E-state index < -0.39 is 0 Å². The van der Waals surface area contributed by atoms with Gasteiger partial charge < -0.3 is 14.5 Å². The van der Waals surface area contributed by atoms with Gasteiger partial charge in [0.25, 0.3) is 5.91 Å². The van der Waals surface area contributed by atoms with E-state index in [9.17, 15) is 4.79 Å². The van der Waals surface area contributed by atoms with Gasteiger partial charge in [0, 0.05) is 11.1 Å². The summed E-state index contributed by atoms with van der Waals surface area (Å²) in [5.74, 6) is 1.62. The van der Waals surface area contributed by atoms with Crippen LogP contribution in [0.25, 0.3) is 22.8 Å². The number of amides is 1. The minimum absolute atomic E-state index is 0.119. The molecule has 0 aliphatic carbocycles. The molecule has 4 aromatic rings. The topological polar surface area (TPSA) is 64.4 Å². The van der Waals surface area contributed by atoms with Crippen molar-refractivity contribution >= 4 is 5.91 Å². The van der Waals surface area contributed by atoms with Crippen molar-refractivity contribution in [1.29, 1.82) is 0 Å². The zero-order valence-electron chi connectivity index (χ0n) is 16.8. The van der Waals surface area contributed by atoms with Gasteiger partial charge in [-0.2, -0.15) is 0 Å². The lowest BCUT2D eigenvalue weighted by Gasteiger charge is -2.15. The first kappa shape index (κ1) is 19.5. The van der Waals surface area contributed by atoms with Gasteiger partial charge in [-0.05, 0) is 48.9 Å². The highest BCUT2D eigenvalue weighted by Crippen LogP contribution is 2.29. The number of ether oxygens (including phenoxy) is 1. The van der Waals surface area contributed by atoms with Crippen LogP contribution in [-0.2, 0) is 0 Å². The van der Waals surface area contributed by atoms with Crippen molar-refractivity contribution in [2.45, 2.75) is 13.0 Å². The SMILES string of the molecule is COc1ccc(-c2cnc(-c3ccccc3C(=O)N[C@@H](C)c3ccccc3)o2)cc1. The minimum Gasteiger partial charge on any atom is -0.497 e. The average molecular weight is 398 g/mol. The van der Waals surface area contributed by atoms with Crippen LogP contribution in [0, 0.1) is 0 Å². The second-order valence-corrected chi connectivity index (χ2v) is 6.91. The Kier molecular flexibility index (Phi) is 5.61. The second kappa shape index (κ2) is 8.66. The van der Waals surface area contributed by atoms with Gasteiger partial charge in [0.1, 0.15) is 5.75 Å². The highest BCUT2D eigenvalue weighted by Gasteiger charge is 2.18. The molecule has 3 aromatic carbocycles. The van der Waals surface area contributed by atoms with Crippen LogP contribution in [0.4, 0.5) is 0 Å². The molecule has 1 amide bonds. The van der Waals surface area contributed by atoms with Crippen LogP contribution in [-0.4, -0.2) is 18.0 Å². The first-order chi connectivity index (χ1) is 14.7. The molecule has 1 N–H and O–H groups in total. The molecule has 4 rings (SSSR count). The van der Waals surface area contributed by atoms with E-state index in [2.05, 4.69) is 10.3 Å². The molecule has 0 aliphatic rings. The van der Waals surface area contributed by atoms with Crippen LogP contribution in [0.15, 0.2) is 89.5 Å². The third-order valence-electron chi connectivity index (χ3n) is 4.93. The van der Waals surface area contributed by atoms with Crippen LogP contribution >= 0.6 is 0 Å². The van der Waals surface area contributed by atoms with Crippen LogP contribution < -0.4 is 10.1 Å². The number of rotatable bonds is 6. The van der Waals surface area contributed by atoms with Crippen molar-refractivity contribution in [1.82, 2.24) is 10.3 Å². The first-order valence-electron chi connectivity index (χ1n) is 9.71. The van der Waals surface area contributed by atoms with Crippen molar-refractivity contribution in [3.05, 3.63) is 96.2 Å². The fraction of sp³-hybridized carbons (Fsp3) is 0.120. The summed E-state index contributed by atoms with van der Waals surface area (Å²) in [7, 11) is 1.63. The molecule has 0 saturated heterocycles. The summed E-state index contributed by atoms with van der Waals surface area (Å²) in [4.78, 5) is 17.4. The largest absolute Gasteiger partial charge is 0.497 e. The Morgan fingerprint density at radius 2 is 1.67 bits per heavy atom. The average Bonchev–Trinajstić information content (AvgIpc) is 3.30. The summed E-state index contributed by atoms with van der Waals surface area (Å²) in [6.45, 7) is 1.96. The van der Waals surface area contributed by atoms with Gasteiger partial charge in [0.05, 0.1) is 24.9 Å². The summed E-state index contributed by atoms with van der Waals surface area (Å²) in [6, 6.07) is 24.6. The molecule has 0 unspecified atom stereocenters. The van der Waals surface area contributed by atoms with E-state index in [1.807, 2.05) is 79.7 Å². The van der Waals surface area contributed by atoms with E-state index in [4.69, 9.17) is 9.15 Å². The lowest BCUT2D eigenvalue weighted by Crippen LogP contribution is -2.27. The number of methoxy groups -OCH3 is 1. The number of carbonyl (C=O) groups excluding carboxylic acids is 1. The number of hydrogen-bond donors (Lipinski definition) is 1. The van der Waals surface area contributed by atoms with Crippen LogP contribution in [0.1, 0.15) is 28.9 Å². The molecule has 0 aliphatic heterocycles. The molecular formula is C25H22N2O3. The summed E-state index contributed by atoms with van der Waals surface area (Å²) in [5, 5.41) is 3.05. The lowest BCUT2D eigenvalue weighted by atomic mass is 10.0. The maximum atomic E-state index is 13.0. The van der Waals surface area contributed by atoms with Gasteiger partial charge in [-0.15, -0.1) is 0 Å². The Labute approximate surface area is 175 Å². The molecule has 1 aromatic heterocycles. The second-order valence-electron chi connectivity index (χ2n) is 6.91. The number of hydrogen-bond acceptors (Lipinski definition) is 4. The standard InChI is InChI=1S/C25H22N2O3/c1-17(18-8-4-3-5-9-18)27-24(28)21-10-6-7-11-22(21)25-26-16-23(30-25)19-12-14-20(29-2)15-13-19/h3-17H,1-2H3,(H,27,28)/t17-/m0/s1. The Hall–Kier alpha value is -3.86. The van der Waals surface area contributed by atoms with Gasteiger partial charge >= 0.3 is 0 Å². The minimum atomic E-state index is -0.175. The van der Waals surface area contributed by atoms with Crippen molar-refractivity contribution in [3.63, 3.8) is 0 Å². The quantitative estimate of drug-likeness (QED) is 0.465. The fourth-order valence-electron chi connectivity index (χ4n) is 3.25. The number of oxazole rings is 1. The van der Waals surface area contributed by atoms with Crippen molar-refractivity contribution < 1.29 is 13.9 Å². The zero-order valence-corrected chi connectivity index (χ0v) is 16.8. The van der Waals surface area contributed by atoms with E-state index in [-0.39, 0.29) is 11.9 Å². The summed E-state index contributed by atoms with van der Waals surface area (Å²) in [5.41, 5.74) is 3.09. The summed E-state index contributed by atoms with van der Waals surface area (Å²) < 4.78 is 11.2. The van der Waals surface area contributed by atoms with E-state index >= 15 is 0 Å². The molecular weight excluding hydrogens is 376 g/mol. The number of carbonyl (C=O) groups is 1. The number of benzene rings is 3. The molecule has 0 radical (unpaired) electrons. The summed E-state index contributed by atoms with van der Waals surface area (Å²) >= 11 is 0. The third kappa shape index (κ3) is 4.10. The first-order valence-corrected chi connectivity index (χ1v) is 9.71. The van der Waals surface area contributed by atoms with Gasteiger partial charge in [0.15, 0.2) is 5.76 Å². The number of nitrogens with one attached hydrogen (secondary N) is 1. The maximum absolute atomic E-state index is 13.0. The van der Waals surface area contributed by atoms with Crippen LogP contribution in [0.3, 0.4) is 0 Å². The number of aromatic nitrogens is 1. The third-order valence-corrected chi connectivity index (χ3v) is 4.93. The normalized spacial score (nSPS) is 11.7. The molecule has 5 heteroatoms. The predicted molar refractivity (Wildman–Crippen MR) is 116 cm³/mol. The lowest BCUT2D eigenvalue weighted by molar-refractivity contribution is 0.0940. The van der Waals surface area contributed by atoms with Gasteiger partial charge in [-0.25, -0.2) is 4.98 Å². The molecule has 1 atom stereocenters. The summed E-state index contributed by atoms with van der Waals surface area (Å²) in [6.07, 6.45) is 1.67. The van der Waals surface area contributed by atoms with Crippen LogP contribution in [0.2, 0.25) is 0 Å². The van der Waals surface area contributed by atoms with Crippen LogP contribution in [0.5, 0.6) is 5.75 Å². The Morgan fingerprint density at radius 3 is 2.40 bits per heavy atom. The number of nitrogens with zero attached hydrogens (tertiary/aromatic N) is 1.